The van der Waals surface area contributed by atoms with Crippen LogP contribution in [0.5, 0.6) is 0 Å². The lowest BCUT2D eigenvalue weighted by atomic mass is 9.99. The summed E-state index contributed by atoms with van der Waals surface area (Å²) in [6.45, 7) is 1.13. The Labute approximate surface area is 109 Å². The molecule has 0 aromatic rings. The Bertz CT molecular complexity index is 274. The number of halogens is 3. The highest BCUT2D eigenvalue weighted by molar-refractivity contribution is 8.00. The Morgan fingerprint density at radius 2 is 2.17 bits per heavy atom. The highest BCUT2D eigenvalue weighted by Gasteiger charge is 2.30. The average molecular weight is 285 g/mol. The van der Waals surface area contributed by atoms with Gasteiger partial charge >= 0.3 is 11.5 Å². The van der Waals surface area contributed by atoms with Crippen LogP contribution >= 0.6 is 11.8 Å². The van der Waals surface area contributed by atoms with Crippen molar-refractivity contribution in [2.75, 3.05) is 26.0 Å². The fourth-order valence-electron chi connectivity index (χ4n) is 2.14. The van der Waals surface area contributed by atoms with E-state index in [-0.39, 0.29) is 35.9 Å². The van der Waals surface area contributed by atoms with Gasteiger partial charge in [0.15, 0.2) is 0 Å². The van der Waals surface area contributed by atoms with Gasteiger partial charge < -0.3 is 4.74 Å². The minimum absolute atomic E-state index is 0.00395. The molecule has 0 spiro atoms. The number of rotatable bonds is 5. The van der Waals surface area contributed by atoms with E-state index in [9.17, 15) is 18.0 Å². The molecule has 7 heteroatoms. The topological polar surface area (TPSA) is 29.5 Å². The number of esters is 1. The van der Waals surface area contributed by atoms with Gasteiger partial charge in [0.1, 0.15) is 0 Å². The van der Waals surface area contributed by atoms with E-state index >= 15 is 0 Å². The molecular weight excluding hydrogens is 267 g/mol. The lowest BCUT2D eigenvalue weighted by Crippen LogP contribution is -2.42. The number of likely N-dealkylation sites (tertiary alicyclic amines) is 1. The molecule has 1 atom stereocenters. The van der Waals surface area contributed by atoms with Crippen molar-refractivity contribution in [3.8, 4) is 0 Å². The number of hydrogen-bond acceptors (Lipinski definition) is 4. The van der Waals surface area contributed by atoms with Crippen LogP contribution < -0.4 is 0 Å². The van der Waals surface area contributed by atoms with Crippen LogP contribution in [0.3, 0.4) is 0 Å². The van der Waals surface area contributed by atoms with Crippen LogP contribution in [0.4, 0.5) is 13.2 Å². The Morgan fingerprint density at radius 3 is 2.78 bits per heavy atom. The Balaban J connectivity index is 2.37. The first-order chi connectivity index (χ1) is 8.42. The van der Waals surface area contributed by atoms with Gasteiger partial charge in [-0.1, -0.05) is 6.42 Å². The minimum Gasteiger partial charge on any atom is -0.469 e. The molecule has 3 nitrogen and oxygen atoms in total. The van der Waals surface area contributed by atoms with E-state index in [4.69, 9.17) is 0 Å². The highest BCUT2D eigenvalue weighted by atomic mass is 32.2. The fraction of sp³-hybridized carbons (Fsp3) is 0.909. The summed E-state index contributed by atoms with van der Waals surface area (Å²) in [7, 11) is 1.33. The van der Waals surface area contributed by atoms with E-state index in [0.717, 1.165) is 25.8 Å². The minimum atomic E-state index is -4.17. The molecule has 106 valence electrons. The van der Waals surface area contributed by atoms with E-state index in [2.05, 4.69) is 4.74 Å². The number of carbonyl (C=O) groups excluding carboxylic acids is 1. The van der Waals surface area contributed by atoms with E-state index in [0.29, 0.717) is 6.54 Å². The molecule has 0 aromatic carbocycles. The number of carbonyl (C=O) groups is 1. The van der Waals surface area contributed by atoms with Crippen molar-refractivity contribution in [3.05, 3.63) is 0 Å². The summed E-state index contributed by atoms with van der Waals surface area (Å²) in [6.07, 6.45) is 3.12. The van der Waals surface area contributed by atoms with Crippen LogP contribution in [0.1, 0.15) is 25.7 Å². The maximum Gasteiger partial charge on any atom is 0.441 e. The van der Waals surface area contributed by atoms with E-state index < -0.39 is 5.51 Å². The van der Waals surface area contributed by atoms with Crippen molar-refractivity contribution >= 4 is 17.7 Å². The second kappa shape index (κ2) is 7.23. The molecule has 1 fully saturated rings. The summed E-state index contributed by atoms with van der Waals surface area (Å²) in [6, 6.07) is 0.0278. The van der Waals surface area contributed by atoms with Crippen LogP contribution in [0, 0.1) is 0 Å². The molecule has 0 N–H and O–H groups in total. The van der Waals surface area contributed by atoms with Crippen LogP contribution in [-0.2, 0) is 9.53 Å². The first-order valence-corrected chi connectivity index (χ1v) is 6.92. The summed E-state index contributed by atoms with van der Waals surface area (Å²) in [5.74, 6) is -0.281. The molecule has 1 aliphatic rings. The quantitative estimate of drug-likeness (QED) is 0.726. The SMILES string of the molecule is COC(=O)CC1CCCCN1CCSC(F)(F)F. The number of nitrogens with zero attached hydrogens (tertiary/aromatic N) is 1. The predicted octanol–water partition coefficient (Wildman–Crippen LogP) is 2.66. The van der Waals surface area contributed by atoms with Crippen molar-refractivity contribution < 1.29 is 22.7 Å². The first kappa shape index (κ1) is 15.6. The van der Waals surface area contributed by atoms with Crippen molar-refractivity contribution in [3.63, 3.8) is 0 Å². The van der Waals surface area contributed by atoms with Gasteiger partial charge in [-0.05, 0) is 31.1 Å². The zero-order chi connectivity index (χ0) is 13.6. The standard InChI is InChI=1S/C11H18F3NO2S/c1-17-10(16)8-9-4-2-3-5-15(9)6-7-18-11(12,13)14/h9H,2-8H2,1H3. The molecule has 0 bridgehead atoms. The zero-order valence-corrected chi connectivity index (χ0v) is 11.1. The van der Waals surface area contributed by atoms with Gasteiger partial charge in [-0.15, -0.1) is 0 Å². The smallest absolute Gasteiger partial charge is 0.441 e. The summed E-state index contributed by atoms with van der Waals surface area (Å²) >= 11 is -0.00395. The molecule has 1 heterocycles. The van der Waals surface area contributed by atoms with Gasteiger partial charge in [-0.3, -0.25) is 9.69 Å². The van der Waals surface area contributed by atoms with Crippen molar-refractivity contribution in [1.29, 1.82) is 0 Å². The number of piperidine rings is 1. The van der Waals surface area contributed by atoms with Crippen molar-refractivity contribution in [2.24, 2.45) is 0 Å². The maximum absolute atomic E-state index is 12.0. The number of alkyl halides is 3. The van der Waals surface area contributed by atoms with Crippen LogP contribution in [0.25, 0.3) is 0 Å². The summed E-state index contributed by atoms with van der Waals surface area (Å²) in [5, 5.41) is 0. The van der Waals surface area contributed by atoms with Gasteiger partial charge in [0.25, 0.3) is 0 Å². The van der Waals surface area contributed by atoms with Crippen molar-refractivity contribution in [2.45, 2.75) is 37.2 Å². The normalized spacial score (nSPS) is 21.9. The molecule has 0 amide bonds. The van der Waals surface area contributed by atoms with Crippen LogP contribution in [-0.4, -0.2) is 48.4 Å². The number of thioether (sulfide) groups is 1. The van der Waals surface area contributed by atoms with E-state index in [1.807, 2.05) is 4.90 Å². The molecule has 1 rings (SSSR count). The second-order valence-corrected chi connectivity index (χ2v) is 5.42. The van der Waals surface area contributed by atoms with Gasteiger partial charge in [0.05, 0.1) is 13.5 Å². The molecule has 1 unspecified atom stereocenters. The summed E-state index contributed by atoms with van der Waals surface area (Å²) < 4.78 is 40.7. The molecule has 1 aliphatic heterocycles. The molecular formula is C11H18F3NO2S. The van der Waals surface area contributed by atoms with Crippen LogP contribution in [0.15, 0.2) is 0 Å². The highest BCUT2D eigenvalue weighted by Crippen LogP contribution is 2.30. The third kappa shape index (κ3) is 5.95. The molecule has 0 radical (unpaired) electrons. The zero-order valence-electron chi connectivity index (χ0n) is 10.3. The monoisotopic (exact) mass is 285 g/mol. The number of ether oxygens (including phenoxy) is 1. The first-order valence-electron chi connectivity index (χ1n) is 5.94. The van der Waals surface area contributed by atoms with Gasteiger partial charge in [0, 0.05) is 18.3 Å². The van der Waals surface area contributed by atoms with Crippen LogP contribution in [0.2, 0.25) is 0 Å². The average Bonchev–Trinajstić information content (AvgIpc) is 2.29. The largest absolute Gasteiger partial charge is 0.469 e. The summed E-state index contributed by atoms with van der Waals surface area (Å²) in [4.78, 5) is 13.2. The lowest BCUT2D eigenvalue weighted by Gasteiger charge is -2.35. The lowest BCUT2D eigenvalue weighted by molar-refractivity contribution is -0.142. The Kier molecular flexibility index (Phi) is 6.28. The molecule has 0 aliphatic carbocycles. The molecule has 1 saturated heterocycles. The number of methoxy groups -OCH3 is 1. The number of hydrogen-bond donors (Lipinski definition) is 0. The molecule has 18 heavy (non-hydrogen) atoms. The van der Waals surface area contributed by atoms with E-state index in [1.165, 1.54) is 7.11 Å². The summed E-state index contributed by atoms with van der Waals surface area (Å²) in [5.41, 5.74) is -4.17. The van der Waals surface area contributed by atoms with Gasteiger partial charge in [-0.2, -0.15) is 13.2 Å². The van der Waals surface area contributed by atoms with E-state index in [1.54, 1.807) is 0 Å². The Hall–Kier alpha value is -0.430. The third-order valence-electron chi connectivity index (χ3n) is 3.02. The third-order valence-corrected chi connectivity index (χ3v) is 3.74. The van der Waals surface area contributed by atoms with Crippen molar-refractivity contribution in [1.82, 2.24) is 4.90 Å². The van der Waals surface area contributed by atoms with Gasteiger partial charge in [0.2, 0.25) is 0 Å². The second-order valence-electron chi connectivity index (χ2n) is 4.26. The molecule has 0 saturated carbocycles. The Morgan fingerprint density at radius 1 is 1.44 bits per heavy atom. The van der Waals surface area contributed by atoms with Gasteiger partial charge in [-0.25, -0.2) is 0 Å². The molecule has 0 aromatic heterocycles. The maximum atomic E-state index is 12.0. The fourth-order valence-corrected chi connectivity index (χ4v) is 2.70. The predicted molar refractivity (Wildman–Crippen MR) is 64.4 cm³/mol.